The molecule has 9 nitrogen and oxygen atoms in total. The second-order valence-electron chi connectivity index (χ2n) is 13.5. The van der Waals surface area contributed by atoms with Crippen LogP contribution in [0, 0.1) is 23.7 Å². The van der Waals surface area contributed by atoms with E-state index in [2.05, 4.69) is 4.98 Å². The number of ether oxygens (including phenoxy) is 2. The first kappa shape index (κ1) is 34.6. The van der Waals surface area contributed by atoms with E-state index in [1.54, 1.807) is 49.8 Å². The number of pyridine rings is 2. The molecule has 1 saturated heterocycles. The number of benzene rings is 3. The molecule has 2 fully saturated rings. The van der Waals surface area contributed by atoms with Crippen LogP contribution in [0.2, 0.25) is 0 Å². The van der Waals surface area contributed by atoms with Gasteiger partial charge in [0.1, 0.15) is 12.4 Å². The first-order valence-electron chi connectivity index (χ1n) is 17.9. The van der Waals surface area contributed by atoms with Gasteiger partial charge < -0.3 is 14.6 Å². The Morgan fingerprint density at radius 1 is 0.815 bits per heavy atom. The Morgan fingerprint density at radius 3 is 2.15 bits per heavy atom. The third-order valence-corrected chi connectivity index (χ3v) is 10.6. The van der Waals surface area contributed by atoms with Crippen molar-refractivity contribution in [3.8, 4) is 5.75 Å². The Balaban J connectivity index is 1.17. The van der Waals surface area contributed by atoms with E-state index in [1.807, 2.05) is 103 Å². The molecule has 9 heteroatoms. The molecule has 268 valence electrons. The molecule has 1 N–H and O–H groups in total. The van der Waals surface area contributed by atoms with Crippen molar-refractivity contribution in [2.75, 3.05) is 20.3 Å². The minimum atomic E-state index is -1.72. The Morgan fingerprint density at radius 2 is 1.48 bits per heavy atom. The molecule has 3 heterocycles. The largest absolute Gasteiger partial charge is 0.497 e. The van der Waals surface area contributed by atoms with Gasteiger partial charge in [0.15, 0.2) is 5.60 Å². The third kappa shape index (κ3) is 6.02. The number of hydrogen-bond donors (Lipinski definition) is 1. The molecule has 3 aliphatic rings. The number of hydrogen-bond acceptors (Lipinski definition) is 8. The van der Waals surface area contributed by atoms with Crippen molar-refractivity contribution in [2.45, 2.75) is 5.60 Å². The molecule has 5 atom stereocenters. The molecule has 54 heavy (non-hydrogen) atoms. The second-order valence-corrected chi connectivity index (χ2v) is 13.5. The number of rotatable bonds is 11. The number of nitrogens with zero attached hydrogens (tertiary/aromatic N) is 3. The second kappa shape index (κ2) is 14.5. The van der Waals surface area contributed by atoms with Crippen LogP contribution in [0.4, 0.5) is 0 Å². The van der Waals surface area contributed by atoms with Gasteiger partial charge in [0.2, 0.25) is 11.8 Å². The number of carbonyl (C=O) groups is 3. The summed E-state index contributed by atoms with van der Waals surface area (Å²) in [5, 5.41) is 13.1. The van der Waals surface area contributed by atoms with Crippen LogP contribution in [-0.2, 0) is 24.7 Å². The van der Waals surface area contributed by atoms with Crippen molar-refractivity contribution in [2.24, 2.45) is 23.7 Å². The van der Waals surface area contributed by atoms with Crippen molar-refractivity contribution >= 4 is 29.4 Å². The van der Waals surface area contributed by atoms with E-state index >= 15 is 0 Å². The quantitative estimate of drug-likeness (QED) is 0.0737. The lowest BCUT2D eigenvalue weighted by Gasteiger charge is -2.36. The van der Waals surface area contributed by atoms with Crippen molar-refractivity contribution in [3.63, 3.8) is 0 Å². The van der Waals surface area contributed by atoms with Crippen molar-refractivity contribution in [3.05, 3.63) is 185 Å². The van der Waals surface area contributed by atoms with Crippen LogP contribution in [0.25, 0.3) is 11.6 Å². The predicted octanol–water partition coefficient (Wildman–Crippen LogP) is 6.27. The zero-order chi connectivity index (χ0) is 37.2. The van der Waals surface area contributed by atoms with Crippen LogP contribution in [0.3, 0.4) is 0 Å². The summed E-state index contributed by atoms with van der Waals surface area (Å²) in [6.07, 6.45) is 8.28. The minimum absolute atomic E-state index is 0.0877. The maximum absolute atomic E-state index is 14.6. The predicted molar refractivity (Wildman–Crippen MR) is 202 cm³/mol. The van der Waals surface area contributed by atoms with Gasteiger partial charge in [-0.25, -0.2) is 4.79 Å². The number of methoxy groups -OCH3 is 1. The summed E-state index contributed by atoms with van der Waals surface area (Å²) in [5.74, 6) is -3.29. The third-order valence-electron chi connectivity index (χ3n) is 10.6. The zero-order valence-corrected chi connectivity index (χ0v) is 29.5. The summed E-state index contributed by atoms with van der Waals surface area (Å²) in [7, 11) is 1.58. The number of imide groups is 1. The normalized spacial score (nSPS) is 22.2. The highest BCUT2D eigenvalue weighted by molar-refractivity contribution is 6.08. The van der Waals surface area contributed by atoms with E-state index in [1.165, 1.54) is 11.0 Å². The lowest BCUT2D eigenvalue weighted by Crippen LogP contribution is -2.39. The van der Waals surface area contributed by atoms with Crippen molar-refractivity contribution in [1.82, 2.24) is 14.9 Å². The van der Waals surface area contributed by atoms with Gasteiger partial charge in [-0.1, -0.05) is 91.0 Å². The fraction of sp³-hybridized carbons (Fsp3) is 0.178. The molecule has 1 saturated carbocycles. The van der Waals surface area contributed by atoms with Crippen LogP contribution in [-0.4, -0.2) is 58.0 Å². The molecule has 2 bridgehead atoms. The Hall–Kier alpha value is -6.45. The number of aromatic nitrogens is 2. The molecule has 3 aromatic carbocycles. The molecule has 5 unspecified atom stereocenters. The van der Waals surface area contributed by atoms with Crippen molar-refractivity contribution in [1.29, 1.82) is 0 Å². The topological polar surface area (TPSA) is 119 Å². The maximum atomic E-state index is 14.6. The Labute approximate surface area is 312 Å². The first-order chi connectivity index (χ1) is 26.4. The molecule has 8 rings (SSSR count). The number of amides is 2. The number of carbonyl (C=O) groups excluding carboxylic acids is 3. The van der Waals surface area contributed by atoms with E-state index in [9.17, 15) is 19.5 Å². The summed E-state index contributed by atoms with van der Waals surface area (Å²) >= 11 is 0. The van der Waals surface area contributed by atoms with Gasteiger partial charge in [-0.15, -0.1) is 0 Å². The maximum Gasteiger partial charge on any atom is 0.330 e. The van der Waals surface area contributed by atoms with Gasteiger partial charge in [0.05, 0.1) is 36.9 Å². The molecule has 2 amide bonds. The van der Waals surface area contributed by atoms with E-state index < -0.39 is 35.2 Å². The summed E-state index contributed by atoms with van der Waals surface area (Å²) in [4.78, 5) is 52.2. The van der Waals surface area contributed by atoms with Gasteiger partial charge >= 0.3 is 5.97 Å². The molecule has 2 aromatic heterocycles. The fourth-order valence-electron chi connectivity index (χ4n) is 8.30. The van der Waals surface area contributed by atoms with Gasteiger partial charge in [0.25, 0.3) is 0 Å². The van der Waals surface area contributed by atoms with E-state index in [0.717, 1.165) is 22.3 Å². The van der Waals surface area contributed by atoms with Crippen LogP contribution < -0.4 is 4.74 Å². The highest BCUT2D eigenvalue weighted by atomic mass is 16.5. The molecule has 5 aromatic rings. The highest BCUT2D eigenvalue weighted by Crippen LogP contribution is 2.64. The SMILES string of the molecule is COc1ccc(C=CC(=O)OCCN2C(=O)C3C4C=C(C(O)(c5ccccc5)c5ccccn5)C(C4=C(c4ccccc4)c4ccccn4)C3C2=O)cc1. The molecular formula is C45H37N3O6. The van der Waals surface area contributed by atoms with Crippen LogP contribution in [0.15, 0.2) is 157 Å². The number of allylic oxidation sites excluding steroid dienone is 2. The van der Waals surface area contributed by atoms with Gasteiger partial charge in [-0.05, 0) is 70.3 Å². The monoisotopic (exact) mass is 715 g/mol. The Kier molecular flexibility index (Phi) is 9.31. The average molecular weight is 716 g/mol. The summed E-state index contributed by atoms with van der Waals surface area (Å²) in [6, 6.07) is 37.4. The van der Waals surface area contributed by atoms with E-state index in [0.29, 0.717) is 28.3 Å². The fourth-order valence-corrected chi connectivity index (χ4v) is 8.30. The first-order valence-corrected chi connectivity index (χ1v) is 17.9. The van der Waals surface area contributed by atoms with Crippen LogP contribution in [0.1, 0.15) is 28.1 Å². The number of likely N-dealkylation sites (tertiary alicyclic amines) is 1. The van der Waals surface area contributed by atoms with Crippen molar-refractivity contribution < 1.29 is 29.0 Å². The van der Waals surface area contributed by atoms with E-state index in [-0.39, 0.29) is 25.0 Å². The molecule has 0 radical (unpaired) electrons. The minimum Gasteiger partial charge on any atom is -0.497 e. The lowest BCUT2D eigenvalue weighted by atomic mass is 9.71. The van der Waals surface area contributed by atoms with Crippen LogP contribution >= 0.6 is 0 Å². The number of esters is 1. The van der Waals surface area contributed by atoms with Gasteiger partial charge in [0, 0.05) is 35.9 Å². The zero-order valence-electron chi connectivity index (χ0n) is 29.5. The van der Waals surface area contributed by atoms with E-state index in [4.69, 9.17) is 14.5 Å². The molecule has 1 aliphatic heterocycles. The van der Waals surface area contributed by atoms with Gasteiger partial charge in [-0.2, -0.15) is 0 Å². The molecular weight excluding hydrogens is 679 g/mol. The lowest BCUT2D eigenvalue weighted by molar-refractivity contribution is -0.145. The number of aliphatic hydroxyl groups is 1. The summed E-state index contributed by atoms with van der Waals surface area (Å²) in [6.45, 7) is -0.248. The average Bonchev–Trinajstić information content (AvgIpc) is 3.84. The Bertz CT molecular complexity index is 2190. The standard InChI is InChI=1S/C45H37N3O6/c1-53-32-21-18-29(19-22-32)20-23-37(49)54-27-26-48-43(50)40-33-28-34(45(52,31-14-6-3-7-15-31)36-17-9-11-25-47-36)41(42(40)44(48)51)39(33)38(30-12-4-2-5-13-30)35-16-8-10-24-46-35/h2-25,28,33,40-42,52H,26-27H2,1H3. The van der Waals surface area contributed by atoms with Gasteiger partial charge in [-0.3, -0.25) is 24.5 Å². The summed E-state index contributed by atoms with van der Waals surface area (Å²) < 4.78 is 10.6. The smallest absolute Gasteiger partial charge is 0.330 e. The summed E-state index contributed by atoms with van der Waals surface area (Å²) in [5.41, 5.74) is 3.96. The molecule has 2 aliphatic carbocycles. The molecule has 0 spiro atoms. The van der Waals surface area contributed by atoms with Crippen LogP contribution in [0.5, 0.6) is 5.75 Å². The number of fused-ring (bicyclic) bond motifs is 5. The highest BCUT2D eigenvalue weighted by Gasteiger charge is 2.66.